The van der Waals surface area contributed by atoms with E-state index in [4.69, 9.17) is 4.74 Å². The summed E-state index contributed by atoms with van der Waals surface area (Å²) in [5.74, 6) is -0.764. The Balaban J connectivity index is 1.70. The molecule has 0 radical (unpaired) electrons. The number of carbonyl (C=O) groups excluding carboxylic acids is 3. The third kappa shape index (κ3) is 3.63. The predicted molar refractivity (Wildman–Crippen MR) is 91.3 cm³/mol. The molecule has 1 aliphatic heterocycles. The summed E-state index contributed by atoms with van der Waals surface area (Å²) >= 11 is 0. The number of H-pyrrole nitrogens is 1. The second kappa shape index (κ2) is 7.34. The van der Waals surface area contributed by atoms with Crippen molar-refractivity contribution >= 4 is 17.7 Å². The van der Waals surface area contributed by atoms with E-state index >= 15 is 0 Å². The summed E-state index contributed by atoms with van der Waals surface area (Å²) < 4.78 is 4.78. The Labute approximate surface area is 145 Å². The van der Waals surface area contributed by atoms with Crippen molar-refractivity contribution in [1.82, 2.24) is 9.88 Å². The maximum Gasteiger partial charge on any atom is 0.310 e. The Morgan fingerprint density at radius 2 is 1.80 bits per heavy atom. The first-order valence-corrected chi connectivity index (χ1v) is 8.25. The zero-order chi connectivity index (χ0) is 17.8. The molecular formula is C19H20N2O4. The number of ether oxygens (including phenoxy) is 1. The van der Waals surface area contributed by atoms with Crippen molar-refractivity contribution in [2.75, 3.05) is 20.2 Å². The van der Waals surface area contributed by atoms with Crippen molar-refractivity contribution in [2.45, 2.75) is 12.8 Å². The smallest absolute Gasteiger partial charge is 0.310 e. The first kappa shape index (κ1) is 17.0. The number of likely N-dealkylation sites (tertiary alicyclic amines) is 1. The zero-order valence-corrected chi connectivity index (χ0v) is 14.0. The van der Waals surface area contributed by atoms with Crippen LogP contribution < -0.4 is 0 Å². The van der Waals surface area contributed by atoms with Crippen LogP contribution >= 0.6 is 0 Å². The van der Waals surface area contributed by atoms with E-state index in [1.54, 1.807) is 47.6 Å². The van der Waals surface area contributed by atoms with Gasteiger partial charge < -0.3 is 14.6 Å². The molecule has 0 saturated carbocycles. The van der Waals surface area contributed by atoms with Gasteiger partial charge in [0.05, 0.1) is 13.0 Å². The molecule has 1 atom stereocenters. The van der Waals surface area contributed by atoms with Crippen LogP contribution in [-0.2, 0) is 9.53 Å². The fourth-order valence-electron chi connectivity index (χ4n) is 3.10. The van der Waals surface area contributed by atoms with Gasteiger partial charge in [0.25, 0.3) is 5.91 Å². The van der Waals surface area contributed by atoms with Crippen LogP contribution in [-0.4, -0.2) is 47.7 Å². The molecule has 2 aromatic rings. The highest BCUT2D eigenvalue weighted by Crippen LogP contribution is 2.20. The highest BCUT2D eigenvalue weighted by Gasteiger charge is 2.29. The molecular weight excluding hydrogens is 320 g/mol. The Kier molecular flexibility index (Phi) is 4.97. The first-order valence-electron chi connectivity index (χ1n) is 8.25. The lowest BCUT2D eigenvalue weighted by molar-refractivity contribution is -0.146. The minimum absolute atomic E-state index is 0.0935. The number of ketones is 1. The summed E-state index contributed by atoms with van der Waals surface area (Å²) in [5.41, 5.74) is 1.62. The van der Waals surface area contributed by atoms with E-state index in [1.807, 2.05) is 0 Å². The number of methoxy groups -OCH3 is 1. The number of nitrogens with zero attached hydrogens (tertiary/aromatic N) is 1. The topological polar surface area (TPSA) is 79.5 Å². The molecule has 2 heterocycles. The zero-order valence-electron chi connectivity index (χ0n) is 14.0. The number of esters is 1. The van der Waals surface area contributed by atoms with Crippen molar-refractivity contribution in [2.24, 2.45) is 5.92 Å². The summed E-state index contributed by atoms with van der Waals surface area (Å²) in [6.07, 6.45) is 4.84. The van der Waals surface area contributed by atoms with Gasteiger partial charge in [-0.1, -0.05) is 12.1 Å². The average molecular weight is 340 g/mol. The van der Waals surface area contributed by atoms with Gasteiger partial charge in [-0.3, -0.25) is 14.4 Å². The number of carbonyl (C=O) groups is 3. The van der Waals surface area contributed by atoms with E-state index in [-0.39, 0.29) is 23.6 Å². The Morgan fingerprint density at radius 1 is 1.08 bits per heavy atom. The molecule has 130 valence electrons. The molecule has 0 aliphatic carbocycles. The van der Waals surface area contributed by atoms with Crippen molar-refractivity contribution in [3.8, 4) is 0 Å². The molecule has 1 N–H and O–H groups in total. The van der Waals surface area contributed by atoms with Crippen LogP contribution in [0.3, 0.4) is 0 Å². The summed E-state index contributed by atoms with van der Waals surface area (Å²) in [4.78, 5) is 41.2. The lowest BCUT2D eigenvalue weighted by Gasteiger charge is -2.31. The predicted octanol–water partition coefficient (Wildman–Crippen LogP) is 2.27. The van der Waals surface area contributed by atoms with Crippen LogP contribution in [0.25, 0.3) is 0 Å². The van der Waals surface area contributed by atoms with Crippen molar-refractivity contribution in [3.63, 3.8) is 0 Å². The van der Waals surface area contributed by atoms with Gasteiger partial charge in [0.1, 0.15) is 0 Å². The third-order valence-corrected chi connectivity index (χ3v) is 4.50. The number of aromatic amines is 1. The molecule has 3 rings (SSSR count). The molecule has 1 aromatic carbocycles. The fourth-order valence-corrected chi connectivity index (χ4v) is 3.10. The van der Waals surface area contributed by atoms with E-state index in [9.17, 15) is 14.4 Å². The van der Waals surface area contributed by atoms with E-state index < -0.39 is 0 Å². The fraction of sp³-hybridized carbons (Fsp3) is 0.316. The summed E-state index contributed by atoms with van der Waals surface area (Å²) in [6, 6.07) is 8.34. The number of hydrogen-bond acceptors (Lipinski definition) is 4. The van der Waals surface area contributed by atoms with Crippen molar-refractivity contribution in [1.29, 1.82) is 0 Å². The van der Waals surface area contributed by atoms with Crippen LogP contribution in [0.5, 0.6) is 0 Å². The quantitative estimate of drug-likeness (QED) is 0.684. The SMILES string of the molecule is COC(=O)C1CCCN(C(=O)c2ccc(C(=O)c3cc[nH]c3)cc2)C1. The van der Waals surface area contributed by atoms with Crippen molar-refractivity contribution < 1.29 is 19.1 Å². The maximum absolute atomic E-state index is 12.6. The monoisotopic (exact) mass is 340 g/mol. The molecule has 1 aromatic heterocycles. The van der Waals surface area contributed by atoms with Gasteiger partial charge in [-0.25, -0.2) is 0 Å². The average Bonchev–Trinajstić information content (AvgIpc) is 3.21. The number of rotatable bonds is 4. The van der Waals surface area contributed by atoms with E-state index in [1.165, 1.54) is 7.11 Å². The van der Waals surface area contributed by atoms with Gasteiger partial charge in [-0.05, 0) is 31.0 Å². The molecule has 6 heteroatoms. The molecule has 1 aliphatic rings. The Bertz CT molecular complexity index is 765. The van der Waals surface area contributed by atoms with Crippen LogP contribution in [0, 0.1) is 5.92 Å². The largest absolute Gasteiger partial charge is 0.469 e. The number of hydrogen-bond donors (Lipinski definition) is 1. The number of benzene rings is 1. The van der Waals surface area contributed by atoms with E-state index in [0.29, 0.717) is 29.8 Å². The molecule has 1 unspecified atom stereocenters. The van der Waals surface area contributed by atoms with Gasteiger partial charge in [-0.2, -0.15) is 0 Å². The minimum atomic E-state index is -0.273. The van der Waals surface area contributed by atoms with Gasteiger partial charge in [0, 0.05) is 42.2 Å². The lowest BCUT2D eigenvalue weighted by Crippen LogP contribution is -2.42. The van der Waals surface area contributed by atoms with Crippen LogP contribution in [0.15, 0.2) is 42.7 Å². The second-order valence-electron chi connectivity index (χ2n) is 6.12. The number of nitrogens with one attached hydrogen (secondary N) is 1. The van der Waals surface area contributed by atoms with Gasteiger partial charge in [-0.15, -0.1) is 0 Å². The van der Waals surface area contributed by atoms with Crippen LogP contribution in [0.4, 0.5) is 0 Å². The number of amides is 1. The molecule has 1 fully saturated rings. The summed E-state index contributed by atoms with van der Waals surface area (Å²) in [6.45, 7) is 0.992. The second-order valence-corrected chi connectivity index (χ2v) is 6.12. The molecule has 0 spiro atoms. The Hall–Kier alpha value is -2.89. The molecule has 1 amide bonds. The number of aromatic nitrogens is 1. The van der Waals surface area contributed by atoms with Gasteiger partial charge >= 0.3 is 5.97 Å². The summed E-state index contributed by atoms with van der Waals surface area (Å²) in [7, 11) is 1.36. The van der Waals surface area contributed by atoms with E-state index in [0.717, 1.165) is 12.8 Å². The molecule has 0 bridgehead atoms. The minimum Gasteiger partial charge on any atom is -0.469 e. The first-order chi connectivity index (χ1) is 12.1. The van der Waals surface area contributed by atoms with Gasteiger partial charge in [0.2, 0.25) is 0 Å². The standard InChI is InChI=1S/C19H20N2O4/c1-25-19(24)16-3-2-10-21(12-16)18(23)14-6-4-13(5-7-14)17(22)15-8-9-20-11-15/h4-9,11,16,20H,2-3,10,12H2,1H3. The highest BCUT2D eigenvalue weighted by atomic mass is 16.5. The molecule has 6 nitrogen and oxygen atoms in total. The highest BCUT2D eigenvalue weighted by molar-refractivity contribution is 6.09. The molecule has 25 heavy (non-hydrogen) atoms. The van der Waals surface area contributed by atoms with Crippen LogP contribution in [0.2, 0.25) is 0 Å². The van der Waals surface area contributed by atoms with Crippen LogP contribution in [0.1, 0.15) is 39.1 Å². The maximum atomic E-state index is 12.6. The summed E-state index contributed by atoms with van der Waals surface area (Å²) in [5, 5.41) is 0. The third-order valence-electron chi connectivity index (χ3n) is 4.50. The normalized spacial score (nSPS) is 17.2. The number of piperidine rings is 1. The lowest BCUT2D eigenvalue weighted by atomic mass is 9.97. The Morgan fingerprint density at radius 3 is 2.44 bits per heavy atom. The van der Waals surface area contributed by atoms with Gasteiger partial charge in [0.15, 0.2) is 5.78 Å². The molecule has 1 saturated heterocycles. The van der Waals surface area contributed by atoms with E-state index in [2.05, 4.69) is 4.98 Å². The van der Waals surface area contributed by atoms with Crippen molar-refractivity contribution in [3.05, 3.63) is 59.4 Å².